The SMILES string of the molecule is NC1c2cc(F)ccc2-c2sccc21. The maximum atomic E-state index is 13.0. The number of hydrogen-bond donors (Lipinski definition) is 1. The van der Waals surface area contributed by atoms with Crippen molar-refractivity contribution in [3.05, 3.63) is 46.6 Å². The van der Waals surface area contributed by atoms with Crippen molar-refractivity contribution in [1.29, 1.82) is 0 Å². The van der Waals surface area contributed by atoms with Crippen LogP contribution in [0.5, 0.6) is 0 Å². The van der Waals surface area contributed by atoms with Crippen molar-refractivity contribution in [2.24, 2.45) is 5.73 Å². The molecule has 0 spiro atoms. The molecular weight excluding hydrogens is 197 g/mol. The van der Waals surface area contributed by atoms with Gasteiger partial charge in [-0.1, -0.05) is 6.07 Å². The van der Waals surface area contributed by atoms with Gasteiger partial charge in [0.15, 0.2) is 0 Å². The zero-order chi connectivity index (χ0) is 9.71. The Hall–Kier alpha value is -1.19. The largest absolute Gasteiger partial charge is 0.320 e. The summed E-state index contributed by atoms with van der Waals surface area (Å²) in [7, 11) is 0. The van der Waals surface area contributed by atoms with Gasteiger partial charge in [0.2, 0.25) is 0 Å². The standard InChI is InChI=1S/C11H8FNS/c12-6-1-2-7-9(5-6)10(13)8-3-4-14-11(7)8/h1-5,10H,13H2. The van der Waals surface area contributed by atoms with Crippen LogP contribution in [-0.4, -0.2) is 0 Å². The second-order valence-electron chi connectivity index (χ2n) is 3.41. The lowest BCUT2D eigenvalue weighted by Gasteiger charge is -2.04. The zero-order valence-corrected chi connectivity index (χ0v) is 8.14. The van der Waals surface area contributed by atoms with Crippen LogP contribution in [0, 0.1) is 5.82 Å². The molecule has 2 aromatic rings. The Morgan fingerprint density at radius 1 is 1.21 bits per heavy atom. The Morgan fingerprint density at radius 3 is 2.93 bits per heavy atom. The molecule has 0 bridgehead atoms. The van der Waals surface area contributed by atoms with Crippen LogP contribution in [0.3, 0.4) is 0 Å². The maximum Gasteiger partial charge on any atom is 0.123 e. The third-order valence-electron chi connectivity index (χ3n) is 2.62. The van der Waals surface area contributed by atoms with Crippen molar-refractivity contribution in [2.75, 3.05) is 0 Å². The zero-order valence-electron chi connectivity index (χ0n) is 7.33. The summed E-state index contributed by atoms with van der Waals surface area (Å²) in [4.78, 5) is 1.19. The van der Waals surface area contributed by atoms with Crippen molar-refractivity contribution in [3.63, 3.8) is 0 Å². The summed E-state index contributed by atoms with van der Waals surface area (Å²) in [6.07, 6.45) is 0. The third kappa shape index (κ3) is 0.910. The monoisotopic (exact) mass is 205 g/mol. The molecule has 1 atom stereocenters. The number of rotatable bonds is 0. The number of benzene rings is 1. The van der Waals surface area contributed by atoms with Gasteiger partial charge < -0.3 is 5.73 Å². The molecule has 70 valence electrons. The van der Waals surface area contributed by atoms with Crippen molar-refractivity contribution < 1.29 is 4.39 Å². The first-order valence-electron chi connectivity index (χ1n) is 4.40. The van der Waals surface area contributed by atoms with Crippen LogP contribution in [0.25, 0.3) is 10.4 Å². The molecule has 0 fully saturated rings. The number of nitrogens with two attached hydrogens (primary N) is 1. The van der Waals surface area contributed by atoms with Gasteiger partial charge in [-0.2, -0.15) is 0 Å². The van der Waals surface area contributed by atoms with Crippen LogP contribution in [-0.2, 0) is 0 Å². The van der Waals surface area contributed by atoms with Gasteiger partial charge in [-0.3, -0.25) is 0 Å². The summed E-state index contributed by atoms with van der Waals surface area (Å²) >= 11 is 1.66. The number of thiophene rings is 1. The summed E-state index contributed by atoms with van der Waals surface area (Å²) in [6.45, 7) is 0. The van der Waals surface area contributed by atoms with Crippen LogP contribution in [0.15, 0.2) is 29.6 Å². The van der Waals surface area contributed by atoms with E-state index in [0.29, 0.717) is 0 Å². The first-order chi connectivity index (χ1) is 6.77. The summed E-state index contributed by atoms with van der Waals surface area (Å²) in [5.74, 6) is -0.214. The van der Waals surface area contributed by atoms with E-state index in [1.54, 1.807) is 11.3 Å². The van der Waals surface area contributed by atoms with Gasteiger partial charge in [-0.25, -0.2) is 4.39 Å². The molecule has 1 unspecified atom stereocenters. The van der Waals surface area contributed by atoms with Crippen LogP contribution >= 0.6 is 11.3 Å². The highest BCUT2D eigenvalue weighted by Crippen LogP contribution is 2.45. The van der Waals surface area contributed by atoms with Crippen LogP contribution < -0.4 is 5.73 Å². The van der Waals surface area contributed by atoms with Crippen molar-refractivity contribution in [2.45, 2.75) is 6.04 Å². The van der Waals surface area contributed by atoms with E-state index in [2.05, 4.69) is 0 Å². The number of hydrogen-bond acceptors (Lipinski definition) is 2. The van der Waals surface area contributed by atoms with Crippen LogP contribution in [0.1, 0.15) is 17.2 Å². The molecule has 0 aliphatic heterocycles. The van der Waals surface area contributed by atoms with Crippen LogP contribution in [0.2, 0.25) is 0 Å². The number of fused-ring (bicyclic) bond motifs is 3. The molecule has 3 heteroatoms. The molecule has 0 saturated heterocycles. The molecule has 1 aromatic carbocycles. The van der Waals surface area contributed by atoms with E-state index >= 15 is 0 Å². The molecule has 1 aromatic heterocycles. The van der Waals surface area contributed by atoms with E-state index in [-0.39, 0.29) is 11.9 Å². The Kier molecular flexibility index (Phi) is 1.54. The molecule has 0 radical (unpaired) electrons. The average molecular weight is 205 g/mol. The fourth-order valence-corrected chi connectivity index (χ4v) is 2.94. The predicted octanol–water partition coefficient (Wildman–Crippen LogP) is 2.92. The van der Waals surface area contributed by atoms with E-state index in [1.807, 2.05) is 17.5 Å². The highest BCUT2D eigenvalue weighted by molar-refractivity contribution is 7.13. The van der Waals surface area contributed by atoms with Gasteiger partial charge >= 0.3 is 0 Å². The second kappa shape index (κ2) is 2.65. The Morgan fingerprint density at radius 2 is 2.07 bits per heavy atom. The molecule has 1 aliphatic carbocycles. The molecule has 1 nitrogen and oxygen atoms in total. The molecule has 0 amide bonds. The lowest BCUT2D eigenvalue weighted by Crippen LogP contribution is -2.07. The van der Waals surface area contributed by atoms with E-state index < -0.39 is 0 Å². The number of halogens is 1. The summed E-state index contributed by atoms with van der Waals surface area (Å²) in [6, 6.07) is 6.70. The third-order valence-corrected chi connectivity index (χ3v) is 3.59. The van der Waals surface area contributed by atoms with Crippen molar-refractivity contribution in [3.8, 4) is 10.4 Å². The first kappa shape index (κ1) is 8.15. The Balaban J connectivity index is 2.33. The minimum absolute atomic E-state index is 0.151. The minimum atomic E-state index is -0.214. The predicted molar refractivity (Wildman–Crippen MR) is 55.7 cm³/mol. The molecule has 1 heterocycles. The molecule has 0 saturated carbocycles. The van der Waals surface area contributed by atoms with Crippen LogP contribution in [0.4, 0.5) is 4.39 Å². The van der Waals surface area contributed by atoms with E-state index in [0.717, 1.165) is 16.7 Å². The van der Waals surface area contributed by atoms with Gasteiger partial charge in [0.05, 0.1) is 6.04 Å². The lowest BCUT2D eigenvalue weighted by atomic mass is 10.1. The molecular formula is C11H8FNS. The molecule has 1 aliphatic rings. The van der Waals surface area contributed by atoms with E-state index in [9.17, 15) is 4.39 Å². The smallest absolute Gasteiger partial charge is 0.123 e. The summed E-state index contributed by atoms with van der Waals surface area (Å²) < 4.78 is 13.0. The van der Waals surface area contributed by atoms with Gasteiger partial charge in [0.25, 0.3) is 0 Å². The normalized spacial score (nSPS) is 18.0. The van der Waals surface area contributed by atoms with Gasteiger partial charge in [0.1, 0.15) is 5.82 Å². The molecule has 14 heavy (non-hydrogen) atoms. The summed E-state index contributed by atoms with van der Waals surface area (Å²) in [5.41, 5.74) is 9.13. The first-order valence-corrected chi connectivity index (χ1v) is 5.28. The van der Waals surface area contributed by atoms with Crippen molar-refractivity contribution >= 4 is 11.3 Å². The average Bonchev–Trinajstić information content (AvgIpc) is 2.72. The fraction of sp³-hybridized carbons (Fsp3) is 0.0909. The second-order valence-corrected chi connectivity index (χ2v) is 4.33. The minimum Gasteiger partial charge on any atom is -0.320 e. The lowest BCUT2D eigenvalue weighted by molar-refractivity contribution is 0.624. The van der Waals surface area contributed by atoms with E-state index in [1.165, 1.54) is 17.0 Å². The highest BCUT2D eigenvalue weighted by Gasteiger charge is 2.26. The van der Waals surface area contributed by atoms with Gasteiger partial charge in [0, 0.05) is 4.88 Å². The van der Waals surface area contributed by atoms with E-state index in [4.69, 9.17) is 5.73 Å². The fourth-order valence-electron chi connectivity index (χ4n) is 1.95. The topological polar surface area (TPSA) is 26.0 Å². The quantitative estimate of drug-likeness (QED) is 0.703. The molecule has 2 N–H and O–H groups in total. The summed E-state index contributed by atoms with van der Waals surface area (Å²) in [5, 5.41) is 2.02. The molecule has 3 rings (SSSR count). The highest BCUT2D eigenvalue weighted by atomic mass is 32.1. The Labute approximate surface area is 85.0 Å². The van der Waals surface area contributed by atoms with Gasteiger partial charge in [-0.15, -0.1) is 11.3 Å². The maximum absolute atomic E-state index is 13.0. The van der Waals surface area contributed by atoms with Gasteiger partial charge in [-0.05, 0) is 40.3 Å². The van der Waals surface area contributed by atoms with Crippen molar-refractivity contribution in [1.82, 2.24) is 0 Å². The Bertz CT molecular complexity index is 504.